The molecule has 0 aromatic heterocycles. The zero-order valence-electron chi connectivity index (χ0n) is 20.5. The van der Waals surface area contributed by atoms with E-state index in [2.05, 4.69) is 12.2 Å². The molecule has 1 heterocycles. The molecule has 1 aliphatic heterocycles. The van der Waals surface area contributed by atoms with E-state index in [-0.39, 0.29) is 6.03 Å². The van der Waals surface area contributed by atoms with Gasteiger partial charge in [-0.2, -0.15) is 5.06 Å². The average molecular weight is 521 g/mol. The average Bonchev–Trinajstić information content (AvgIpc) is 3.02. The lowest BCUT2D eigenvalue weighted by Gasteiger charge is -2.38. The number of carbonyl (C=O) groups excluding carboxylic acids is 2. The highest BCUT2D eigenvalue weighted by Crippen LogP contribution is 2.38. The lowest BCUT2D eigenvalue weighted by molar-refractivity contribution is -0.0949. The van der Waals surface area contributed by atoms with Crippen molar-refractivity contribution in [2.75, 3.05) is 16.8 Å². The minimum atomic E-state index is -0.969. The number of nitrogens with one attached hydrogen (secondary N) is 1. The normalized spacial score (nSPS) is 17.1. The lowest BCUT2D eigenvalue weighted by Crippen LogP contribution is -2.58. The van der Waals surface area contributed by atoms with Crippen molar-refractivity contribution in [2.45, 2.75) is 71.0 Å². The summed E-state index contributed by atoms with van der Waals surface area (Å²) >= 11 is 12.0. The van der Waals surface area contributed by atoms with Gasteiger partial charge < -0.3 is 10.2 Å². The fourth-order valence-corrected chi connectivity index (χ4v) is 4.71. The zero-order valence-corrected chi connectivity index (χ0v) is 22.0. The number of unbranched alkanes of at least 4 members (excludes halogenated alkanes) is 5. The molecule has 2 aromatic rings. The molecule has 1 fully saturated rings. The van der Waals surface area contributed by atoms with Crippen molar-refractivity contribution in [1.82, 2.24) is 9.96 Å². The molecule has 35 heavy (non-hydrogen) atoms. The number of halogens is 2. The minimum absolute atomic E-state index is 0.269. The van der Waals surface area contributed by atoms with Gasteiger partial charge in [0.25, 0.3) is 0 Å². The van der Waals surface area contributed by atoms with Crippen molar-refractivity contribution in [3.05, 3.63) is 58.6 Å². The molecular formula is C26H34Cl2N4O3. The maximum Gasteiger partial charge on any atom is 0.347 e. The van der Waals surface area contributed by atoms with Gasteiger partial charge >= 0.3 is 12.1 Å². The first-order chi connectivity index (χ1) is 16.7. The van der Waals surface area contributed by atoms with Crippen LogP contribution in [0.3, 0.4) is 0 Å². The van der Waals surface area contributed by atoms with E-state index in [0.717, 1.165) is 19.3 Å². The summed E-state index contributed by atoms with van der Waals surface area (Å²) in [5.41, 5.74) is 0.149. The van der Waals surface area contributed by atoms with Gasteiger partial charge in [-0.25, -0.2) is 9.59 Å². The van der Waals surface area contributed by atoms with Gasteiger partial charge in [-0.15, -0.1) is 0 Å². The highest BCUT2D eigenvalue weighted by atomic mass is 35.5. The van der Waals surface area contributed by atoms with Gasteiger partial charge in [0.1, 0.15) is 0 Å². The Balaban J connectivity index is 1.84. The van der Waals surface area contributed by atoms with Crippen molar-refractivity contribution in [2.24, 2.45) is 0 Å². The van der Waals surface area contributed by atoms with E-state index >= 15 is 0 Å². The summed E-state index contributed by atoms with van der Waals surface area (Å²) in [4.78, 5) is 29.9. The minimum Gasteiger partial charge on any atom is -0.315 e. The number of nitrogens with zero attached hydrogens (tertiary/aromatic N) is 3. The van der Waals surface area contributed by atoms with Gasteiger partial charge in [0, 0.05) is 28.0 Å². The molecule has 0 saturated carbocycles. The van der Waals surface area contributed by atoms with Crippen molar-refractivity contribution in [3.63, 3.8) is 0 Å². The number of carbonyl (C=O) groups is 2. The van der Waals surface area contributed by atoms with Gasteiger partial charge in [0.05, 0.1) is 5.54 Å². The Kier molecular flexibility index (Phi) is 9.27. The van der Waals surface area contributed by atoms with Crippen LogP contribution in [0.15, 0.2) is 48.5 Å². The smallest absolute Gasteiger partial charge is 0.315 e. The maximum absolute atomic E-state index is 13.6. The van der Waals surface area contributed by atoms with Crippen LogP contribution < -0.4 is 10.2 Å². The third kappa shape index (κ3) is 6.40. The number of rotatable bonds is 10. The quantitative estimate of drug-likeness (QED) is 0.192. The fourth-order valence-electron chi connectivity index (χ4n) is 4.46. The van der Waals surface area contributed by atoms with Crippen LogP contribution in [0.2, 0.25) is 10.0 Å². The van der Waals surface area contributed by atoms with Crippen LogP contribution in [-0.4, -0.2) is 45.5 Å². The lowest BCUT2D eigenvalue weighted by atomic mass is 9.99. The molecule has 1 saturated heterocycles. The third-order valence-electron chi connectivity index (χ3n) is 6.38. The molecule has 4 amide bonds. The second kappa shape index (κ2) is 12.0. The van der Waals surface area contributed by atoms with Gasteiger partial charge in [-0.3, -0.25) is 10.1 Å². The van der Waals surface area contributed by atoms with Gasteiger partial charge in [-0.1, -0.05) is 62.2 Å². The molecule has 9 heteroatoms. The van der Waals surface area contributed by atoms with Crippen molar-refractivity contribution < 1.29 is 14.8 Å². The Morgan fingerprint density at radius 1 is 0.971 bits per heavy atom. The predicted molar refractivity (Wildman–Crippen MR) is 141 cm³/mol. The molecule has 0 bridgehead atoms. The van der Waals surface area contributed by atoms with Crippen LogP contribution in [0.4, 0.5) is 21.0 Å². The van der Waals surface area contributed by atoms with E-state index in [1.54, 1.807) is 53.4 Å². The molecule has 1 atom stereocenters. The van der Waals surface area contributed by atoms with E-state index in [4.69, 9.17) is 23.2 Å². The molecule has 2 aromatic carbocycles. The first kappa shape index (κ1) is 27.1. The highest BCUT2D eigenvalue weighted by molar-refractivity contribution is 6.31. The SMILES string of the molecule is CCCCCCCCN1C(=O)N(c2ccc(Cl)cc2)[C@@H](N(O)C(=O)Nc2ccc(Cl)cc2)C1(C)C. The highest BCUT2D eigenvalue weighted by Gasteiger charge is 2.55. The fraction of sp³-hybridized carbons (Fsp3) is 0.462. The molecule has 0 unspecified atom stereocenters. The number of benzene rings is 2. The van der Waals surface area contributed by atoms with Crippen LogP contribution in [0.25, 0.3) is 0 Å². The van der Waals surface area contributed by atoms with Crippen LogP contribution in [0.5, 0.6) is 0 Å². The Bertz CT molecular complexity index is 999. The first-order valence-electron chi connectivity index (χ1n) is 12.1. The second-order valence-electron chi connectivity index (χ2n) is 9.36. The third-order valence-corrected chi connectivity index (χ3v) is 6.89. The van der Waals surface area contributed by atoms with E-state index in [1.807, 2.05) is 13.8 Å². The molecule has 0 radical (unpaired) electrons. The summed E-state index contributed by atoms with van der Waals surface area (Å²) in [6.45, 7) is 6.44. The van der Waals surface area contributed by atoms with Gasteiger partial charge in [0.2, 0.25) is 0 Å². The Morgan fingerprint density at radius 3 is 2.11 bits per heavy atom. The summed E-state index contributed by atoms with van der Waals surface area (Å²) in [7, 11) is 0. The van der Waals surface area contributed by atoms with E-state index < -0.39 is 17.7 Å². The number of hydrogen-bond acceptors (Lipinski definition) is 3. The van der Waals surface area contributed by atoms with E-state index in [0.29, 0.717) is 33.0 Å². The molecule has 3 rings (SSSR count). The molecular weight excluding hydrogens is 487 g/mol. The summed E-state index contributed by atoms with van der Waals surface area (Å²) < 4.78 is 0. The molecule has 190 valence electrons. The Hall–Kier alpha value is -2.48. The van der Waals surface area contributed by atoms with Crippen LogP contribution in [0.1, 0.15) is 59.3 Å². The summed E-state index contributed by atoms with van der Waals surface area (Å²) in [5, 5.41) is 15.4. The van der Waals surface area contributed by atoms with Crippen LogP contribution in [0, 0.1) is 0 Å². The van der Waals surface area contributed by atoms with Crippen molar-refractivity contribution in [1.29, 1.82) is 0 Å². The number of hydrogen-bond donors (Lipinski definition) is 2. The topological polar surface area (TPSA) is 76.1 Å². The molecule has 7 nitrogen and oxygen atoms in total. The summed E-state index contributed by atoms with van der Waals surface area (Å²) in [6, 6.07) is 12.3. The van der Waals surface area contributed by atoms with Gasteiger partial charge in [0.15, 0.2) is 6.17 Å². The summed E-state index contributed by atoms with van der Waals surface area (Å²) in [5.74, 6) is 0. The first-order valence-corrected chi connectivity index (χ1v) is 12.8. The van der Waals surface area contributed by atoms with Crippen molar-refractivity contribution in [3.8, 4) is 0 Å². The number of urea groups is 2. The number of anilines is 2. The zero-order chi connectivity index (χ0) is 25.6. The molecule has 0 aliphatic carbocycles. The van der Waals surface area contributed by atoms with Crippen LogP contribution in [-0.2, 0) is 0 Å². The number of hydroxylamine groups is 2. The van der Waals surface area contributed by atoms with Crippen LogP contribution >= 0.6 is 23.2 Å². The van der Waals surface area contributed by atoms with Gasteiger partial charge in [-0.05, 0) is 68.8 Å². The Labute approximate surface area is 217 Å². The standard InChI is InChI=1S/C26H34Cl2N4O3/c1-4-5-6-7-8-9-18-30-25(34)31(22-16-12-20(28)13-17-22)23(26(30,2)3)32(35)24(33)29-21-14-10-19(27)11-15-21/h10-17,23,35H,4-9,18H2,1-3H3,(H,29,33)/t23-/m0/s1. The molecule has 2 N–H and O–H groups in total. The summed E-state index contributed by atoms with van der Waals surface area (Å²) in [6.07, 6.45) is 5.60. The van der Waals surface area contributed by atoms with E-state index in [1.165, 1.54) is 24.2 Å². The second-order valence-corrected chi connectivity index (χ2v) is 10.2. The molecule has 0 spiro atoms. The predicted octanol–water partition coefficient (Wildman–Crippen LogP) is 7.62. The number of amides is 4. The van der Waals surface area contributed by atoms with E-state index in [9.17, 15) is 14.8 Å². The Morgan fingerprint density at radius 2 is 1.51 bits per heavy atom. The largest absolute Gasteiger partial charge is 0.347 e. The molecule has 1 aliphatic rings. The monoisotopic (exact) mass is 520 g/mol. The maximum atomic E-state index is 13.6. The van der Waals surface area contributed by atoms with Crippen molar-refractivity contribution >= 4 is 46.6 Å².